The second-order valence-corrected chi connectivity index (χ2v) is 8.39. The number of thiocarbonyl (C=S) groups is 1. The van der Waals surface area contributed by atoms with Crippen molar-refractivity contribution in [3.05, 3.63) is 93.4 Å². The molecule has 2 aromatic carbocycles. The molecule has 0 spiro atoms. The van der Waals surface area contributed by atoms with Gasteiger partial charge >= 0.3 is 0 Å². The molecule has 0 atom stereocenters. The minimum Gasteiger partial charge on any atom is -0.316 e. The van der Waals surface area contributed by atoms with E-state index in [0.29, 0.717) is 34.9 Å². The normalized spacial score (nSPS) is 10.8. The minimum atomic E-state index is -0.270. The standard InChI is InChI=1S/C21H17BrClFN6S/c22-17-13-30(12-15-5-1-2-7-18(15)23)28-20(17)26-21(31)25-19-8-9-29(27-19)11-14-4-3-6-16(24)10-14/h1-10,13H,11-12H2,(H2,25,26,27,28,31). The molecule has 0 saturated carbocycles. The van der Waals surface area contributed by atoms with Crippen molar-refractivity contribution in [2.45, 2.75) is 13.1 Å². The number of aromatic nitrogens is 4. The number of nitrogens with one attached hydrogen (secondary N) is 2. The van der Waals surface area contributed by atoms with Gasteiger partial charge in [-0.15, -0.1) is 0 Å². The lowest BCUT2D eigenvalue weighted by atomic mass is 10.2. The second kappa shape index (κ2) is 9.59. The summed E-state index contributed by atoms with van der Waals surface area (Å²) in [5.41, 5.74) is 1.79. The van der Waals surface area contributed by atoms with Crippen LogP contribution >= 0.6 is 39.7 Å². The fourth-order valence-corrected chi connectivity index (χ4v) is 3.77. The molecule has 4 aromatic rings. The van der Waals surface area contributed by atoms with Gasteiger partial charge in [0.1, 0.15) is 5.82 Å². The second-order valence-electron chi connectivity index (χ2n) is 6.72. The van der Waals surface area contributed by atoms with Gasteiger partial charge in [0.15, 0.2) is 16.7 Å². The maximum absolute atomic E-state index is 13.3. The van der Waals surface area contributed by atoms with Crippen LogP contribution in [0, 0.1) is 5.82 Å². The first kappa shape index (κ1) is 21.5. The zero-order valence-electron chi connectivity index (χ0n) is 16.1. The summed E-state index contributed by atoms with van der Waals surface area (Å²) in [6.45, 7) is 0.988. The van der Waals surface area contributed by atoms with Crippen molar-refractivity contribution < 1.29 is 4.39 Å². The topological polar surface area (TPSA) is 59.7 Å². The Morgan fingerprint density at radius 2 is 1.87 bits per heavy atom. The third kappa shape index (κ3) is 5.69. The van der Waals surface area contributed by atoms with Gasteiger partial charge in [-0.2, -0.15) is 10.2 Å². The van der Waals surface area contributed by atoms with Crippen LogP contribution in [0.3, 0.4) is 0 Å². The van der Waals surface area contributed by atoms with Crippen LogP contribution in [-0.4, -0.2) is 24.7 Å². The van der Waals surface area contributed by atoms with Gasteiger partial charge in [-0.1, -0.05) is 41.9 Å². The smallest absolute Gasteiger partial charge is 0.177 e. The average molecular weight is 520 g/mol. The van der Waals surface area contributed by atoms with E-state index in [1.165, 1.54) is 12.1 Å². The number of nitrogens with zero attached hydrogens (tertiary/aromatic N) is 4. The monoisotopic (exact) mass is 518 g/mol. The van der Waals surface area contributed by atoms with Crippen LogP contribution in [0.4, 0.5) is 16.0 Å². The van der Waals surface area contributed by atoms with Crippen molar-refractivity contribution in [1.82, 2.24) is 19.6 Å². The van der Waals surface area contributed by atoms with Gasteiger partial charge in [0.05, 0.1) is 17.6 Å². The van der Waals surface area contributed by atoms with Gasteiger partial charge in [-0.3, -0.25) is 9.36 Å². The Labute approximate surface area is 197 Å². The predicted molar refractivity (Wildman–Crippen MR) is 128 cm³/mol. The Hall–Kier alpha value is -2.75. The number of anilines is 2. The third-order valence-corrected chi connectivity index (χ3v) is 5.51. The van der Waals surface area contributed by atoms with Crippen molar-refractivity contribution in [3.8, 4) is 0 Å². The highest BCUT2D eigenvalue weighted by Crippen LogP contribution is 2.23. The van der Waals surface area contributed by atoms with Gasteiger partial charge in [0.2, 0.25) is 0 Å². The molecule has 0 aliphatic heterocycles. The summed E-state index contributed by atoms with van der Waals surface area (Å²) in [5, 5.41) is 16.0. The molecule has 6 nitrogen and oxygen atoms in total. The van der Waals surface area contributed by atoms with E-state index in [1.807, 2.05) is 36.5 Å². The third-order valence-electron chi connectivity index (χ3n) is 4.36. The molecule has 0 amide bonds. The molecule has 2 aromatic heterocycles. The summed E-state index contributed by atoms with van der Waals surface area (Å²) < 4.78 is 17.6. The fourth-order valence-electron chi connectivity index (χ4n) is 2.96. The zero-order valence-corrected chi connectivity index (χ0v) is 19.3. The van der Waals surface area contributed by atoms with E-state index in [1.54, 1.807) is 27.7 Å². The molecular formula is C21H17BrClFN6S. The van der Waals surface area contributed by atoms with Crippen LogP contribution in [0.1, 0.15) is 11.1 Å². The molecule has 0 unspecified atom stereocenters. The SMILES string of the molecule is Fc1cccc(Cn2ccc(NC(=S)Nc3nn(Cc4ccccc4Cl)cc3Br)n2)c1. The Bertz CT molecular complexity index is 1220. The van der Waals surface area contributed by atoms with Gasteiger partial charge < -0.3 is 10.6 Å². The van der Waals surface area contributed by atoms with Crippen LogP contribution in [0.5, 0.6) is 0 Å². The van der Waals surface area contributed by atoms with Gasteiger partial charge in [-0.25, -0.2) is 4.39 Å². The molecule has 0 radical (unpaired) electrons. The maximum Gasteiger partial charge on any atom is 0.177 e. The Morgan fingerprint density at radius 3 is 2.68 bits per heavy atom. The first-order valence-corrected chi connectivity index (χ1v) is 10.9. The number of benzene rings is 2. The molecule has 0 aliphatic carbocycles. The van der Waals surface area contributed by atoms with Crippen LogP contribution in [0.2, 0.25) is 5.02 Å². The average Bonchev–Trinajstić information content (AvgIpc) is 3.29. The maximum atomic E-state index is 13.3. The number of rotatable bonds is 6. The van der Waals surface area contributed by atoms with E-state index in [2.05, 4.69) is 36.8 Å². The summed E-state index contributed by atoms with van der Waals surface area (Å²) in [7, 11) is 0. The molecule has 158 valence electrons. The molecule has 0 aliphatic rings. The van der Waals surface area contributed by atoms with Crippen LogP contribution in [0.25, 0.3) is 0 Å². The molecule has 0 saturated heterocycles. The molecular weight excluding hydrogens is 503 g/mol. The lowest BCUT2D eigenvalue weighted by molar-refractivity contribution is 0.619. The minimum absolute atomic E-state index is 0.270. The quantitative estimate of drug-likeness (QED) is 0.328. The summed E-state index contributed by atoms with van der Waals surface area (Å²) in [5.74, 6) is 0.872. The number of halogens is 3. The van der Waals surface area contributed by atoms with Crippen LogP contribution < -0.4 is 10.6 Å². The predicted octanol–water partition coefficient (Wildman–Crippen LogP) is 5.54. The van der Waals surface area contributed by atoms with Crippen molar-refractivity contribution >= 4 is 56.5 Å². The largest absolute Gasteiger partial charge is 0.316 e. The Kier molecular flexibility index (Phi) is 6.64. The van der Waals surface area contributed by atoms with Gasteiger partial charge in [0.25, 0.3) is 0 Å². The van der Waals surface area contributed by atoms with E-state index in [4.69, 9.17) is 23.8 Å². The fraction of sp³-hybridized carbons (Fsp3) is 0.0952. The van der Waals surface area contributed by atoms with E-state index in [0.717, 1.165) is 15.6 Å². The van der Waals surface area contributed by atoms with E-state index < -0.39 is 0 Å². The van der Waals surface area contributed by atoms with Crippen molar-refractivity contribution in [2.75, 3.05) is 10.6 Å². The number of hydrogen-bond donors (Lipinski definition) is 2. The van der Waals surface area contributed by atoms with E-state index in [9.17, 15) is 4.39 Å². The number of hydrogen-bond acceptors (Lipinski definition) is 3. The lowest BCUT2D eigenvalue weighted by Gasteiger charge is -2.07. The highest BCUT2D eigenvalue weighted by Gasteiger charge is 2.11. The summed E-state index contributed by atoms with van der Waals surface area (Å²) in [6.07, 6.45) is 3.64. The molecule has 4 rings (SSSR count). The zero-order chi connectivity index (χ0) is 21.8. The van der Waals surface area contributed by atoms with Crippen molar-refractivity contribution in [2.24, 2.45) is 0 Å². The highest BCUT2D eigenvalue weighted by atomic mass is 79.9. The molecule has 0 bridgehead atoms. The molecule has 31 heavy (non-hydrogen) atoms. The Balaban J connectivity index is 1.36. The summed E-state index contributed by atoms with van der Waals surface area (Å²) >= 11 is 15.1. The highest BCUT2D eigenvalue weighted by molar-refractivity contribution is 9.10. The first-order chi connectivity index (χ1) is 15.0. The molecule has 2 heterocycles. The van der Waals surface area contributed by atoms with Crippen LogP contribution in [-0.2, 0) is 13.1 Å². The van der Waals surface area contributed by atoms with E-state index >= 15 is 0 Å². The van der Waals surface area contributed by atoms with Gasteiger partial charge in [0, 0.05) is 23.5 Å². The summed E-state index contributed by atoms with van der Waals surface area (Å²) in [4.78, 5) is 0. The Morgan fingerprint density at radius 1 is 1.03 bits per heavy atom. The van der Waals surface area contributed by atoms with Gasteiger partial charge in [-0.05, 0) is 57.5 Å². The lowest BCUT2D eigenvalue weighted by Crippen LogP contribution is -2.20. The first-order valence-electron chi connectivity index (χ1n) is 9.28. The van der Waals surface area contributed by atoms with Crippen molar-refractivity contribution in [3.63, 3.8) is 0 Å². The summed E-state index contributed by atoms with van der Waals surface area (Å²) in [6, 6.07) is 15.8. The molecule has 10 heteroatoms. The van der Waals surface area contributed by atoms with Crippen LogP contribution in [0.15, 0.2) is 71.5 Å². The van der Waals surface area contributed by atoms with E-state index in [-0.39, 0.29) is 5.82 Å². The molecule has 2 N–H and O–H groups in total. The molecule has 0 fully saturated rings. The van der Waals surface area contributed by atoms with Crippen molar-refractivity contribution in [1.29, 1.82) is 0 Å².